The highest BCUT2D eigenvalue weighted by atomic mass is 32.2. The molecule has 1 fully saturated rings. The number of benzene rings is 1. The average Bonchev–Trinajstić information content (AvgIpc) is 2.92. The molecule has 2 heterocycles. The van der Waals surface area contributed by atoms with Crippen molar-refractivity contribution >= 4 is 27.2 Å². The summed E-state index contributed by atoms with van der Waals surface area (Å²) < 4.78 is 23.6. The van der Waals surface area contributed by atoms with Gasteiger partial charge in [0.15, 0.2) is 9.84 Å². The van der Waals surface area contributed by atoms with E-state index in [0.29, 0.717) is 18.8 Å². The van der Waals surface area contributed by atoms with E-state index in [-0.39, 0.29) is 17.5 Å². The minimum Gasteiger partial charge on any atom is -0.353 e. The van der Waals surface area contributed by atoms with Crippen LogP contribution in [0.5, 0.6) is 0 Å². The molecule has 134 valence electrons. The van der Waals surface area contributed by atoms with Crippen LogP contribution in [-0.2, 0) is 9.84 Å². The highest BCUT2D eigenvalue weighted by Crippen LogP contribution is 2.25. The molecule has 1 unspecified atom stereocenters. The summed E-state index contributed by atoms with van der Waals surface area (Å²) in [5, 5.41) is 3.30. The van der Waals surface area contributed by atoms with Gasteiger partial charge in [0.25, 0.3) is 0 Å². The predicted octanol–water partition coefficient (Wildman–Crippen LogP) is 2.85. The van der Waals surface area contributed by atoms with Crippen LogP contribution >= 0.6 is 0 Å². The molecule has 7 heteroatoms. The van der Waals surface area contributed by atoms with Crippen LogP contribution in [-0.4, -0.2) is 42.5 Å². The zero-order valence-corrected chi connectivity index (χ0v) is 15.7. The van der Waals surface area contributed by atoms with Gasteiger partial charge < -0.3 is 10.2 Å². The third-order valence-electron chi connectivity index (χ3n) is 4.72. The third kappa shape index (κ3) is 4.10. The van der Waals surface area contributed by atoms with Crippen molar-refractivity contribution in [2.75, 3.05) is 28.3 Å². The van der Waals surface area contributed by atoms with Gasteiger partial charge in [0, 0.05) is 24.3 Å². The number of sulfone groups is 1. The number of nitrogens with one attached hydrogen (secondary N) is 1. The van der Waals surface area contributed by atoms with Gasteiger partial charge in [-0.3, -0.25) is 0 Å². The minimum atomic E-state index is -2.93. The van der Waals surface area contributed by atoms with Crippen molar-refractivity contribution in [3.8, 4) is 0 Å². The van der Waals surface area contributed by atoms with Gasteiger partial charge >= 0.3 is 0 Å². The minimum absolute atomic E-state index is 0.0145. The molecule has 1 N–H and O–H groups in total. The molecule has 1 aromatic carbocycles. The second-order valence-corrected chi connectivity index (χ2v) is 8.76. The SMILES string of the molecule is CCN(c1cc(Nc2ccc(C)c(C)c2)ncn1)C1CCS(=O)(=O)C1. The van der Waals surface area contributed by atoms with Crippen LogP contribution in [0.15, 0.2) is 30.6 Å². The summed E-state index contributed by atoms with van der Waals surface area (Å²) in [4.78, 5) is 10.7. The Labute approximate surface area is 149 Å². The Balaban J connectivity index is 1.81. The number of rotatable bonds is 5. The molecule has 0 amide bonds. The van der Waals surface area contributed by atoms with Crippen LogP contribution in [0.1, 0.15) is 24.5 Å². The molecule has 1 aliphatic rings. The van der Waals surface area contributed by atoms with Crippen LogP contribution in [0, 0.1) is 13.8 Å². The molecule has 0 bridgehead atoms. The molecule has 0 radical (unpaired) electrons. The molecular weight excluding hydrogens is 336 g/mol. The van der Waals surface area contributed by atoms with E-state index in [1.165, 1.54) is 17.5 Å². The van der Waals surface area contributed by atoms with E-state index in [4.69, 9.17) is 0 Å². The predicted molar refractivity (Wildman–Crippen MR) is 101 cm³/mol. The summed E-state index contributed by atoms with van der Waals surface area (Å²) in [6.07, 6.45) is 2.17. The molecule has 25 heavy (non-hydrogen) atoms. The van der Waals surface area contributed by atoms with E-state index in [9.17, 15) is 8.42 Å². The zero-order valence-electron chi connectivity index (χ0n) is 14.9. The Morgan fingerprint density at radius 1 is 1.20 bits per heavy atom. The summed E-state index contributed by atoms with van der Waals surface area (Å²) in [6, 6.07) is 8.04. The van der Waals surface area contributed by atoms with Gasteiger partial charge in [-0.1, -0.05) is 6.07 Å². The first-order valence-corrected chi connectivity index (χ1v) is 10.3. The van der Waals surface area contributed by atoms with E-state index in [0.717, 1.165) is 11.5 Å². The lowest BCUT2D eigenvalue weighted by Gasteiger charge is -2.28. The van der Waals surface area contributed by atoms with Gasteiger partial charge in [-0.05, 0) is 50.5 Å². The lowest BCUT2D eigenvalue weighted by atomic mass is 10.1. The van der Waals surface area contributed by atoms with E-state index in [1.54, 1.807) is 0 Å². The van der Waals surface area contributed by atoms with Crippen molar-refractivity contribution in [2.45, 2.75) is 33.2 Å². The summed E-state index contributed by atoms with van der Waals surface area (Å²) in [5.74, 6) is 1.91. The van der Waals surface area contributed by atoms with E-state index >= 15 is 0 Å². The van der Waals surface area contributed by atoms with Gasteiger partial charge in [0.05, 0.1) is 11.5 Å². The highest BCUT2D eigenvalue weighted by molar-refractivity contribution is 7.91. The van der Waals surface area contributed by atoms with Crippen molar-refractivity contribution in [1.82, 2.24) is 9.97 Å². The fourth-order valence-electron chi connectivity index (χ4n) is 3.17. The molecule has 0 saturated carbocycles. The Hall–Kier alpha value is -2.15. The number of nitrogens with zero attached hydrogens (tertiary/aromatic N) is 3. The van der Waals surface area contributed by atoms with Gasteiger partial charge in [-0.2, -0.15) is 0 Å². The normalized spacial score (nSPS) is 18.9. The molecule has 6 nitrogen and oxygen atoms in total. The van der Waals surface area contributed by atoms with Crippen LogP contribution in [0.3, 0.4) is 0 Å². The standard InChI is InChI=1S/C18H24N4O2S/c1-4-22(16-7-8-25(23,24)11-16)18-10-17(19-12-20-18)21-15-6-5-13(2)14(3)9-15/h5-6,9-10,12,16H,4,7-8,11H2,1-3H3,(H,19,20,21). The van der Waals surface area contributed by atoms with Crippen molar-refractivity contribution in [1.29, 1.82) is 0 Å². The van der Waals surface area contributed by atoms with E-state index in [2.05, 4.69) is 46.2 Å². The maximum atomic E-state index is 11.8. The Kier molecular flexibility index (Phi) is 4.94. The van der Waals surface area contributed by atoms with Crippen molar-refractivity contribution < 1.29 is 8.42 Å². The van der Waals surface area contributed by atoms with Crippen LogP contribution in [0.2, 0.25) is 0 Å². The van der Waals surface area contributed by atoms with Gasteiger partial charge in [0.2, 0.25) is 0 Å². The molecule has 1 atom stereocenters. The zero-order chi connectivity index (χ0) is 18.0. The molecule has 0 spiro atoms. The summed E-state index contributed by atoms with van der Waals surface area (Å²) >= 11 is 0. The third-order valence-corrected chi connectivity index (χ3v) is 6.47. The topological polar surface area (TPSA) is 75.2 Å². The van der Waals surface area contributed by atoms with E-state index < -0.39 is 9.84 Å². The number of hydrogen-bond acceptors (Lipinski definition) is 6. The lowest BCUT2D eigenvalue weighted by Crippen LogP contribution is -2.36. The Morgan fingerprint density at radius 2 is 2.00 bits per heavy atom. The Morgan fingerprint density at radius 3 is 2.64 bits per heavy atom. The molecule has 1 aliphatic heterocycles. The quantitative estimate of drug-likeness (QED) is 0.884. The highest BCUT2D eigenvalue weighted by Gasteiger charge is 2.32. The molecule has 1 aromatic heterocycles. The van der Waals surface area contributed by atoms with Crippen molar-refractivity contribution in [3.63, 3.8) is 0 Å². The first-order valence-electron chi connectivity index (χ1n) is 8.51. The molecule has 2 aromatic rings. The van der Waals surface area contributed by atoms with E-state index in [1.807, 2.05) is 19.1 Å². The van der Waals surface area contributed by atoms with Gasteiger partial charge in [0.1, 0.15) is 18.0 Å². The summed E-state index contributed by atoms with van der Waals surface area (Å²) in [7, 11) is -2.93. The first kappa shape index (κ1) is 17.7. The summed E-state index contributed by atoms with van der Waals surface area (Å²) in [5.41, 5.74) is 3.43. The fraction of sp³-hybridized carbons (Fsp3) is 0.444. The van der Waals surface area contributed by atoms with Crippen molar-refractivity contribution in [2.24, 2.45) is 0 Å². The average molecular weight is 360 g/mol. The lowest BCUT2D eigenvalue weighted by molar-refractivity contribution is 0.599. The molecule has 3 rings (SSSR count). The molecular formula is C18H24N4O2S. The van der Waals surface area contributed by atoms with Gasteiger partial charge in [-0.25, -0.2) is 18.4 Å². The largest absolute Gasteiger partial charge is 0.353 e. The van der Waals surface area contributed by atoms with Crippen LogP contribution in [0.25, 0.3) is 0 Å². The number of aryl methyl sites for hydroxylation is 2. The van der Waals surface area contributed by atoms with Crippen LogP contribution in [0.4, 0.5) is 17.3 Å². The monoisotopic (exact) mass is 360 g/mol. The fourth-order valence-corrected chi connectivity index (χ4v) is 4.90. The summed E-state index contributed by atoms with van der Waals surface area (Å²) in [6.45, 7) is 6.88. The molecule has 1 saturated heterocycles. The maximum absolute atomic E-state index is 11.8. The van der Waals surface area contributed by atoms with Crippen LogP contribution < -0.4 is 10.2 Å². The number of aromatic nitrogens is 2. The first-order chi connectivity index (χ1) is 11.9. The second kappa shape index (κ2) is 7.00. The maximum Gasteiger partial charge on any atom is 0.152 e. The molecule has 0 aliphatic carbocycles. The number of anilines is 3. The second-order valence-electron chi connectivity index (χ2n) is 6.53. The number of hydrogen-bond donors (Lipinski definition) is 1. The smallest absolute Gasteiger partial charge is 0.152 e. The van der Waals surface area contributed by atoms with Crippen molar-refractivity contribution in [3.05, 3.63) is 41.7 Å². The van der Waals surface area contributed by atoms with Gasteiger partial charge in [-0.15, -0.1) is 0 Å². The Bertz CT molecular complexity index is 867.